The maximum absolute atomic E-state index is 13.3. The van der Waals surface area contributed by atoms with Gasteiger partial charge in [0.2, 0.25) is 0 Å². The Balaban J connectivity index is 1.36. The van der Waals surface area contributed by atoms with Crippen molar-refractivity contribution in [2.24, 2.45) is 0 Å². The topological polar surface area (TPSA) is 123 Å². The van der Waals surface area contributed by atoms with Crippen LogP contribution in [-0.2, 0) is 13.1 Å². The molecule has 5 heterocycles. The average Bonchev–Trinajstić information content (AvgIpc) is 3.42. The van der Waals surface area contributed by atoms with Crippen molar-refractivity contribution < 1.29 is 14.3 Å². The molecule has 0 aliphatic carbocycles. The third-order valence-corrected chi connectivity index (χ3v) is 6.82. The van der Waals surface area contributed by atoms with Gasteiger partial charge in [-0.05, 0) is 32.0 Å². The molecule has 10 nitrogen and oxygen atoms in total. The normalized spacial score (nSPS) is 12.4. The number of carbonyl (C=O) groups excluding carboxylic acids is 2. The summed E-state index contributed by atoms with van der Waals surface area (Å²) in [4.78, 5) is 41.6. The molecular formula is C24H20ClN7O3S. The zero-order chi connectivity index (χ0) is 25.4. The number of nitrogens with zero attached hydrogens (tertiary/aromatic N) is 6. The summed E-state index contributed by atoms with van der Waals surface area (Å²) < 4.78 is 5.43. The van der Waals surface area contributed by atoms with Crippen LogP contribution in [0.4, 0.5) is 5.13 Å². The van der Waals surface area contributed by atoms with Gasteiger partial charge < -0.3 is 9.64 Å². The molecule has 4 aromatic heterocycles. The van der Waals surface area contributed by atoms with Crippen molar-refractivity contribution in [1.29, 1.82) is 0 Å². The van der Waals surface area contributed by atoms with Crippen molar-refractivity contribution in [2.75, 3.05) is 12.4 Å². The van der Waals surface area contributed by atoms with Gasteiger partial charge in [0.05, 0.1) is 60.0 Å². The lowest BCUT2D eigenvalue weighted by atomic mass is 10.0. The van der Waals surface area contributed by atoms with E-state index in [1.807, 2.05) is 6.92 Å². The number of methoxy groups -OCH3 is 1. The minimum absolute atomic E-state index is 0.135. The molecule has 0 saturated heterocycles. The fourth-order valence-electron chi connectivity index (χ4n) is 3.93. The van der Waals surface area contributed by atoms with Crippen molar-refractivity contribution in [3.8, 4) is 16.9 Å². The maximum atomic E-state index is 13.3. The van der Waals surface area contributed by atoms with E-state index >= 15 is 0 Å². The van der Waals surface area contributed by atoms with Gasteiger partial charge >= 0.3 is 0 Å². The van der Waals surface area contributed by atoms with Crippen LogP contribution >= 0.6 is 22.9 Å². The van der Waals surface area contributed by atoms with Crippen molar-refractivity contribution in [2.45, 2.75) is 26.9 Å². The predicted molar refractivity (Wildman–Crippen MR) is 134 cm³/mol. The molecule has 1 N–H and O–H groups in total. The van der Waals surface area contributed by atoms with E-state index in [4.69, 9.17) is 16.3 Å². The molecule has 2 amide bonds. The van der Waals surface area contributed by atoms with Crippen LogP contribution in [0.2, 0.25) is 5.15 Å². The van der Waals surface area contributed by atoms with Gasteiger partial charge in [-0.1, -0.05) is 22.9 Å². The largest absolute Gasteiger partial charge is 0.494 e. The summed E-state index contributed by atoms with van der Waals surface area (Å²) >= 11 is 7.46. The zero-order valence-electron chi connectivity index (χ0n) is 19.6. The summed E-state index contributed by atoms with van der Waals surface area (Å²) in [5.74, 6) is -0.0214. The Morgan fingerprint density at radius 2 is 1.89 bits per heavy atom. The first kappa shape index (κ1) is 23.8. The molecule has 5 rings (SSSR count). The molecule has 12 heteroatoms. The zero-order valence-corrected chi connectivity index (χ0v) is 21.1. The van der Waals surface area contributed by atoms with Crippen LogP contribution in [0.3, 0.4) is 0 Å². The Bertz CT molecular complexity index is 1480. The number of pyridine rings is 2. The van der Waals surface area contributed by atoms with Gasteiger partial charge in [-0.2, -0.15) is 10.2 Å². The third-order valence-electron chi connectivity index (χ3n) is 5.61. The summed E-state index contributed by atoms with van der Waals surface area (Å²) in [5.41, 5.74) is 4.23. The van der Waals surface area contributed by atoms with Crippen molar-refractivity contribution in [3.05, 3.63) is 75.0 Å². The van der Waals surface area contributed by atoms with Gasteiger partial charge in [0.1, 0.15) is 10.9 Å². The number of halogens is 1. The minimum Gasteiger partial charge on any atom is -0.494 e. The van der Waals surface area contributed by atoms with E-state index in [-0.39, 0.29) is 17.0 Å². The minimum atomic E-state index is -0.369. The summed E-state index contributed by atoms with van der Waals surface area (Å²) in [6, 6.07) is 5.15. The second-order valence-corrected chi connectivity index (χ2v) is 9.64. The van der Waals surface area contributed by atoms with Gasteiger partial charge in [-0.25, -0.2) is 9.97 Å². The highest BCUT2D eigenvalue weighted by molar-refractivity contribution is 7.16. The number of rotatable bonds is 5. The van der Waals surface area contributed by atoms with Gasteiger partial charge in [0, 0.05) is 23.0 Å². The van der Waals surface area contributed by atoms with E-state index in [2.05, 4.69) is 30.5 Å². The molecule has 0 unspecified atom stereocenters. The van der Waals surface area contributed by atoms with Crippen molar-refractivity contribution in [1.82, 2.24) is 30.0 Å². The Labute approximate surface area is 215 Å². The second-order valence-electron chi connectivity index (χ2n) is 8.17. The quantitative estimate of drug-likeness (QED) is 0.390. The van der Waals surface area contributed by atoms with Crippen LogP contribution in [0.1, 0.15) is 42.7 Å². The summed E-state index contributed by atoms with van der Waals surface area (Å²) in [5, 5.41) is 11.3. The highest BCUT2D eigenvalue weighted by Crippen LogP contribution is 2.35. The molecule has 182 valence electrons. The van der Waals surface area contributed by atoms with Crippen LogP contribution in [0.5, 0.6) is 5.75 Å². The SMILES string of the molecule is COc1cnc(Cl)cc1-c1cc(C)ncc1C(=O)Nc1nc2c(s1)CN(C(=O)c1cnnc(C)c1)C2. The molecule has 0 radical (unpaired) electrons. The first-order valence-corrected chi connectivity index (χ1v) is 12.1. The number of aryl methyl sites for hydroxylation is 2. The van der Waals surface area contributed by atoms with Gasteiger partial charge in [-0.3, -0.25) is 19.9 Å². The Morgan fingerprint density at radius 1 is 1.06 bits per heavy atom. The number of nitrogens with one attached hydrogen (secondary N) is 1. The standard InChI is InChI=1S/C24H20ClN7O3S/c1-12-5-15(16-6-21(25)27-9-19(16)35-3)17(8-26-12)22(33)30-24-29-18-10-32(11-20(18)36-24)23(34)14-4-13(2)31-28-7-14/h4-9H,10-11H2,1-3H3,(H,29,30,33). The lowest BCUT2D eigenvalue weighted by Crippen LogP contribution is -2.26. The van der Waals surface area contributed by atoms with Crippen molar-refractivity contribution >= 4 is 39.9 Å². The molecule has 0 aromatic carbocycles. The van der Waals surface area contributed by atoms with Crippen LogP contribution < -0.4 is 10.1 Å². The van der Waals surface area contributed by atoms with Crippen LogP contribution in [0, 0.1) is 13.8 Å². The fraction of sp³-hybridized carbons (Fsp3) is 0.208. The molecule has 0 fully saturated rings. The number of amides is 2. The maximum Gasteiger partial charge on any atom is 0.259 e. The van der Waals surface area contributed by atoms with Crippen LogP contribution in [0.15, 0.2) is 36.8 Å². The number of hydrogen-bond acceptors (Lipinski definition) is 9. The number of ether oxygens (including phenoxy) is 1. The summed E-state index contributed by atoms with van der Waals surface area (Å²) in [6.07, 6.45) is 4.48. The Hall–Kier alpha value is -3.96. The van der Waals surface area contributed by atoms with E-state index in [0.717, 1.165) is 16.3 Å². The molecule has 0 atom stereocenters. The van der Waals surface area contributed by atoms with Gasteiger partial charge in [0.25, 0.3) is 11.8 Å². The second kappa shape index (κ2) is 9.59. The molecule has 1 aliphatic rings. The molecule has 4 aromatic rings. The summed E-state index contributed by atoms with van der Waals surface area (Å²) in [6.45, 7) is 4.39. The monoisotopic (exact) mass is 521 g/mol. The summed E-state index contributed by atoms with van der Waals surface area (Å²) in [7, 11) is 1.53. The van der Waals surface area contributed by atoms with E-state index in [9.17, 15) is 9.59 Å². The van der Waals surface area contributed by atoms with E-state index in [1.165, 1.54) is 37.0 Å². The highest BCUT2D eigenvalue weighted by Gasteiger charge is 2.29. The van der Waals surface area contributed by atoms with Crippen LogP contribution in [0.25, 0.3) is 11.1 Å². The molecular weight excluding hydrogens is 502 g/mol. The Kier molecular flexibility index (Phi) is 6.33. The molecule has 0 saturated carbocycles. The van der Waals surface area contributed by atoms with Crippen molar-refractivity contribution in [3.63, 3.8) is 0 Å². The first-order valence-electron chi connectivity index (χ1n) is 10.9. The fourth-order valence-corrected chi connectivity index (χ4v) is 5.07. The van der Waals surface area contributed by atoms with Gasteiger partial charge in [-0.15, -0.1) is 0 Å². The Morgan fingerprint density at radius 3 is 2.64 bits per heavy atom. The predicted octanol–water partition coefficient (Wildman–Crippen LogP) is 4.08. The molecule has 0 spiro atoms. The number of hydrogen-bond donors (Lipinski definition) is 1. The number of fused-ring (bicyclic) bond motifs is 1. The molecule has 0 bridgehead atoms. The first-order chi connectivity index (χ1) is 17.3. The highest BCUT2D eigenvalue weighted by atomic mass is 35.5. The number of thiazole rings is 1. The molecule has 36 heavy (non-hydrogen) atoms. The van der Waals surface area contributed by atoms with Crippen LogP contribution in [-0.4, -0.2) is 49.0 Å². The molecule has 1 aliphatic heterocycles. The number of aromatic nitrogens is 5. The van der Waals surface area contributed by atoms with E-state index in [0.29, 0.717) is 51.9 Å². The van der Waals surface area contributed by atoms with E-state index in [1.54, 1.807) is 30.0 Å². The average molecular weight is 522 g/mol. The lowest BCUT2D eigenvalue weighted by molar-refractivity contribution is 0.0750. The van der Waals surface area contributed by atoms with Gasteiger partial charge in [0.15, 0.2) is 5.13 Å². The van der Waals surface area contributed by atoms with E-state index < -0.39 is 0 Å². The third kappa shape index (κ3) is 4.62. The lowest BCUT2D eigenvalue weighted by Gasteiger charge is -2.15. The number of carbonyl (C=O) groups is 2. The number of anilines is 1. The smallest absolute Gasteiger partial charge is 0.259 e.